The molecular weight excluding hydrogens is 312 g/mol. The van der Waals surface area contributed by atoms with Crippen LogP contribution in [0.25, 0.3) is 0 Å². The second-order valence-electron chi connectivity index (χ2n) is 3.58. The highest BCUT2D eigenvalue weighted by molar-refractivity contribution is 7.99. The van der Waals surface area contributed by atoms with Crippen LogP contribution < -0.4 is 0 Å². The van der Waals surface area contributed by atoms with Crippen LogP contribution in [0, 0.1) is 15.9 Å². The maximum atomic E-state index is 13.3. The van der Waals surface area contributed by atoms with Crippen LogP contribution >= 0.6 is 35.0 Å². The van der Waals surface area contributed by atoms with Gasteiger partial charge < -0.3 is 0 Å². The Morgan fingerprint density at radius 1 is 1.05 bits per heavy atom. The molecule has 0 fully saturated rings. The van der Waals surface area contributed by atoms with Crippen LogP contribution in [0.1, 0.15) is 0 Å². The summed E-state index contributed by atoms with van der Waals surface area (Å²) in [7, 11) is 0. The minimum atomic E-state index is -0.656. The maximum Gasteiger partial charge on any atom is 0.273 e. The summed E-state index contributed by atoms with van der Waals surface area (Å²) < 4.78 is 13.3. The van der Waals surface area contributed by atoms with Gasteiger partial charge in [0.1, 0.15) is 5.82 Å². The lowest BCUT2D eigenvalue weighted by molar-refractivity contribution is -0.385. The van der Waals surface area contributed by atoms with Gasteiger partial charge in [-0.3, -0.25) is 10.1 Å². The van der Waals surface area contributed by atoms with E-state index in [-0.39, 0.29) is 5.69 Å². The molecule has 0 radical (unpaired) electrons. The van der Waals surface area contributed by atoms with Crippen molar-refractivity contribution in [3.05, 3.63) is 62.4 Å². The molecule has 0 unspecified atom stereocenters. The number of hydrogen-bond donors (Lipinski definition) is 0. The number of rotatable bonds is 3. The zero-order valence-corrected chi connectivity index (χ0v) is 11.6. The number of non-ortho nitro benzene ring substituents is 1. The zero-order chi connectivity index (χ0) is 14.0. The van der Waals surface area contributed by atoms with Crippen LogP contribution in [0.4, 0.5) is 10.1 Å². The number of hydrogen-bond acceptors (Lipinski definition) is 3. The Kier molecular flexibility index (Phi) is 4.29. The Labute approximate surface area is 122 Å². The average molecular weight is 318 g/mol. The van der Waals surface area contributed by atoms with Crippen LogP contribution in [0.15, 0.2) is 46.2 Å². The summed E-state index contributed by atoms with van der Waals surface area (Å²) in [4.78, 5) is 11.1. The topological polar surface area (TPSA) is 43.1 Å². The van der Waals surface area contributed by atoms with Gasteiger partial charge in [0.05, 0.1) is 21.0 Å². The van der Waals surface area contributed by atoms with E-state index in [1.807, 2.05) is 0 Å². The molecule has 0 atom stereocenters. The number of nitrogens with zero attached hydrogens (tertiary/aromatic N) is 1. The Morgan fingerprint density at radius 3 is 2.42 bits per heavy atom. The van der Waals surface area contributed by atoms with Crippen molar-refractivity contribution in [2.24, 2.45) is 0 Å². The molecule has 0 spiro atoms. The third-order valence-corrected chi connectivity index (χ3v) is 3.89. The molecule has 0 saturated carbocycles. The van der Waals surface area contributed by atoms with Crippen molar-refractivity contribution in [2.45, 2.75) is 9.79 Å². The van der Waals surface area contributed by atoms with E-state index in [0.29, 0.717) is 19.8 Å². The van der Waals surface area contributed by atoms with Crippen molar-refractivity contribution in [3.63, 3.8) is 0 Å². The van der Waals surface area contributed by atoms with Gasteiger partial charge in [0, 0.05) is 15.9 Å². The molecule has 0 saturated heterocycles. The average Bonchev–Trinajstić information content (AvgIpc) is 2.33. The summed E-state index contributed by atoms with van der Waals surface area (Å²) >= 11 is 12.8. The molecule has 0 bridgehead atoms. The Morgan fingerprint density at radius 2 is 1.79 bits per heavy atom. The fraction of sp³-hybridized carbons (Fsp3) is 0. The van der Waals surface area contributed by atoms with Crippen LogP contribution in [0.5, 0.6) is 0 Å². The molecule has 0 heterocycles. The quantitative estimate of drug-likeness (QED) is 0.577. The molecule has 0 N–H and O–H groups in total. The Hall–Kier alpha value is -1.30. The van der Waals surface area contributed by atoms with Gasteiger partial charge in [-0.1, -0.05) is 35.0 Å². The first-order valence-electron chi connectivity index (χ1n) is 5.03. The predicted molar refractivity (Wildman–Crippen MR) is 73.6 cm³/mol. The van der Waals surface area contributed by atoms with Gasteiger partial charge in [-0.05, 0) is 24.3 Å². The highest BCUT2D eigenvalue weighted by atomic mass is 35.5. The summed E-state index contributed by atoms with van der Waals surface area (Å²) in [6, 6.07) is 8.33. The standard InChI is InChI=1S/C12H6Cl2FNO2S/c13-11-2-1-9(6-12(11)14)19-10-4-7(15)3-8(5-10)16(17)18/h1-6H. The molecule has 19 heavy (non-hydrogen) atoms. The monoisotopic (exact) mass is 317 g/mol. The number of halogens is 3. The van der Waals surface area contributed by atoms with Gasteiger partial charge in [-0.15, -0.1) is 0 Å². The van der Waals surface area contributed by atoms with Crippen LogP contribution in [-0.4, -0.2) is 4.92 Å². The van der Waals surface area contributed by atoms with Crippen molar-refractivity contribution < 1.29 is 9.31 Å². The van der Waals surface area contributed by atoms with E-state index in [9.17, 15) is 14.5 Å². The second-order valence-corrected chi connectivity index (χ2v) is 5.54. The predicted octanol–water partition coefficient (Wildman–Crippen LogP) is 5.19. The molecule has 0 aliphatic heterocycles. The first-order valence-corrected chi connectivity index (χ1v) is 6.61. The van der Waals surface area contributed by atoms with E-state index < -0.39 is 10.7 Å². The van der Waals surface area contributed by atoms with E-state index >= 15 is 0 Å². The first-order chi connectivity index (χ1) is 8.95. The fourth-order valence-electron chi connectivity index (χ4n) is 1.39. The fourth-order valence-corrected chi connectivity index (χ4v) is 2.69. The highest BCUT2D eigenvalue weighted by Crippen LogP contribution is 2.34. The molecule has 0 amide bonds. The van der Waals surface area contributed by atoms with Crippen molar-refractivity contribution in [2.75, 3.05) is 0 Å². The molecular formula is C12H6Cl2FNO2S. The van der Waals surface area contributed by atoms with Crippen molar-refractivity contribution >= 4 is 40.7 Å². The maximum absolute atomic E-state index is 13.3. The van der Waals surface area contributed by atoms with E-state index in [0.717, 1.165) is 6.07 Å². The SMILES string of the molecule is O=[N+]([O-])c1cc(F)cc(Sc2ccc(Cl)c(Cl)c2)c1. The normalized spacial score (nSPS) is 10.5. The van der Waals surface area contributed by atoms with Gasteiger partial charge >= 0.3 is 0 Å². The molecule has 7 heteroatoms. The largest absolute Gasteiger partial charge is 0.273 e. The Bertz CT molecular complexity index is 652. The van der Waals surface area contributed by atoms with Crippen LogP contribution in [-0.2, 0) is 0 Å². The van der Waals surface area contributed by atoms with Crippen LogP contribution in [0.3, 0.4) is 0 Å². The van der Waals surface area contributed by atoms with Gasteiger partial charge in [-0.25, -0.2) is 4.39 Å². The number of benzene rings is 2. The molecule has 0 aliphatic carbocycles. The van der Waals surface area contributed by atoms with Gasteiger partial charge in [0.2, 0.25) is 0 Å². The summed E-state index contributed by atoms with van der Waals surface area (Å²) in [5.41, 5.74) is -0.289. The lowest BCUT2D eigenvalue weighted by atomic mass is 10.3. The minimum absolute atomic E-state index is 0.289. The van der Waals surface area contributed by atoms with E-state index in [1.54, 1.807) is 18.2 Å². The molecule has 0 aliphatic rings. The van der Waals surface area contributed by atoms with Crippen LogP contribution in [0.2, 0.25) is 10.0 Å². The van der Waals surface area contributed by atoms with E-state index in [1.165, 1.54) is 23.9 Å². The zero-order valence-electron chi connectivity index (χ0n) is 9.27. The van der Waals surface area contributed by atoms with E-state index in [2.05, 4.69) is 0 Å². The minimum Gasteiger partial charge on any atom is -0.258 e. The van der Waals surface area contributed by atoms with E-state index in [4.69, 9.17) is 23.2 Å². The highest BCUT2D eigenvalue weighted by Gasteiger charge is 2.11. The van der Waals surface area contributed by atoms with Gasteiger partial charge in [0.25, 0.3) is 5.69 Å². The molecule has 2 aromatic rings. The summed E-state index contributed by atoms with van der Waals surface area (Å²) in [5, 5.41) is 11.4. The van der Waals surface area contributed by atoms with Gasteiger partial charge in [-0.2, -0.15) is 0 Å². The lowest BCUT2D eigenvalue weighted by Crippen LogP contribution is -1.89. The van der Waals surface area contributed by atoms with Gasteiger partial charge in [0.15, 0.2) is 0 Å². The molecule has 98 valence electrons. The smallest absolute Gasteiger partial charge is 0.258 e. The summed E-state index contributed by atoms with van der Waals surface area (Å²) in [6.07, 6.45) is 0. The van der Waals surface area contributed by atoms with Crippen molar-refractivity contribution in [3.8, 4) is 0 Å². The second kappa shape index (κ2) is 5.77. The summed E-state index contributed by atoms with van der Waals surface area (Å²) in [6.45, 7) is 0. The lowest BCUT2D eigenvalue weighted by Gasteiger charge is -2.03. The third kappa shape index (κ3) is 3.59. The molecule has 2 rings (SSSR count). The Balaban J connectivity index is 2.32. The van der Waals surface area contributed by atoms with Crippen molar-refractivity contribution in [1.82, 2.24) is 0 Å². The number of nitro benzene ring substituents is 1. The van der Waals surface area contributed by atoms with Crippen molar-refractivity contribution in [1.29, 1.82) is 0 Å². The third-order valence-electron chi connectivity index (χ3n) is 2.19. The molecule has 3 nitrogen and oxygen atoms in total. The number of nitro groups is 1. The summed E-state index contributed by atoms with van der Waals surface area (Å²) in [5.74, 6) is -0.656. The molecule has 0 aromatic heterocycles. The first kappa shape index (κ1) is 14.1. The molecule has 2 aromatic carbocycles.